The first kappa shape index (κ1) is 32.2. The zero-order chi connectivity index (χ0) is 31.9. The summed E-state index contributed by atoms with van der Waals surface area (Å²) in [7, 11) is -3.84. The van der Waals surface area contributed by atoms with Gasteiger partial charge in [-0.1, -0.05) is 18.0 Å². The normalized spacial score (nSPS) is 20.4. The molecule has 2 aromatic heterocycles. The summed E-state index contributed by atoms with van der Waals surface area (Å²) in [4.78, 5) is 41.2. The number of hydrogen-bond acceptors (Lipinski definition) is 8. The minimum absolute atomic E-state index is 0.122. The topological polar surface area (TPSA) is 119 Å². The van der Waals surface area contributed by atoms with Gasteiger partial charge in [-0.2, -0.15) is 4.31 Å². The Morgan fingerprint density at radius 3 is 2.62 bits per heavy atom. The number of aromatic nitrogens is 2. The second-order valence-corrected chi connectivity index (χ2v) is 16.5. The van der Waals surface area contributed by atoms with Gasteiger partial charge in [0.1, 0.15) is 10.6 Å². The van der Waals surface area contributed by atoms with Gasteiger partial charge in [0, 0.05) is 66.0 Å². The maximum Gasteiger partial charge on any atom is 0.410 e. The Morgan fingerprint density at radius 1 is 1.09 bits per heavy atom. The minimum atomic E-state index is -3.84. The quantitative estimate of drug-likeness (QED) is 0.392. The van der Waals surface area contributed by atoms with E-state index in [1.165, 1.54) is 22.1 Å². The van der Waals surface area contributed by atoms with Crippen LogP contribution in [0.5, 0.6) is 0 Å². The first-order chi connectivity index (χ1) is 21.4. The molecule has 1 unspecified atom stereocenters. The van der Waals surface area contributed by atoms with E-state index in [2.05, 4.69) is 9.88 Å². The van der Waals surface area contributed by atoms with Gasteiger partial charge in [0.05, 0.1) is 12.2 Å². The Bertz CT molecular complexity index is 1680. The largest absolute Gasteiger partial charge is 0.444 e. The average molecular weight is 677 g/mol. The summed E-state index contributed by atoms with van der Waals surface area (Å²) >= 11 is 7.46. The predicted octanol–water partition coefficient (Wildman–Crippen LogP) is 4.96. The molecular formula is C31H41ClN6O5S2. The van der Waals surface area contributed by atoms with Gasteiger partial charge in [-0.05, 0) is 77.4 Å². The van der Waals surface area contributed by atoms with Crippen LogP contribution in [0, 0.1) is 0 Å². The van der Waals surface area contributed by atoms with Crippen LogP contribution in [0.25, 0.3) is 10.9 Å². The van der Waals surface area contributed by atoms with E-state index >= 15 is 0 Å². The molecule has 2 fully saturated rings. The molecule has 0 spiro atoms. The van der Waals surface area contributed by atoms with Crippen molar-refractivity contribution in [2.24, 2.45) is 0 Å². The summed E-state index contributed by atoms with van der Waals surface area (Å²) in [6.07, 6.45) is 4.39. The number of piperidine rings is 1. The summed E-state index contributed by atoms with van der Waals surface area (Å²) in [5, 5.41) is 1.78. The van der Waals surface area contributed by atoms with Crippen molar-refractivity contribution in [1.29, 1.82) is 0 Å². The summed E-state index contributed by atoms with van der Waals surface area (Å²) < 4.78 is 34.7. The highest BCUT2D eigenvalue weighted by Gasteiger charge is 2.39. The number of carbonyl (C=O) groups excluding carboxylic acids is 2. The number of halogens is 1. The van der Waals surface area contributed by atoms with Crippen LogP contribution in [0.2, 0.25) is 5.02 Å². The maximum absolute atomic E-state index is 14.0. The monoisotopic (exact) mass is 676 g/mol. The van der Waals surface area contributed by atoms with E-state index in [4.69, 9.17) is 21.3 Å². The van der Waals surface area contributed by atoms with E-state index < -0.39 is 15.6 Å². The molecule has 244 valence electrons. The number of nitrogens with one attached hydrogen (secondary N) is 1. The van der Waals surface area contributed by atoms with E-state index in [0.717, 1.165) is 48.4 Å². The van der Waals surface area contributed by atoms with Crippen LogP contribution in [0.15, 0.2) is 29.3 Å². The molecule has 0 aliphatic carbocycles. The van der Waals surface area contributed by atoms with Crippen LogP contribution in [0.3, 0.4) is 0 Å². The van der Waals surface area contributed by atoms with Crippen LogP contribution in [0.1, 0.15) is 66.8 Å². The molecule has 3 aliphatic heterocycles. The SMILES string of the molecule is CC(C)(C)OC(=O)N1CCc2nc(C(=O)N3CCN(S(=O)(=O)c4cc5cc(Cl)ccc5[nH]4)CC3CCN3CCCCC3)sc2C1. The number of fused-ring (bicyclic) bond motifs is 2. The molecular weight excluding hydrogens is 636 g/mol. The van der Waals surface area contributed by atoms with Gasteiger partial charge in [-0.3, -0.25) is 4.79 Å². The van der Waals surface area contributed by atoms with Crippen molar-refractivity contribution in [2.75, 3.05) is 45.8 Å². The number of sulfonamides is 1. The zero-order valence-corrected chi connectivity index (χ0v) is 28.4. The number of ether oxygens (including phenoxy) is 1. The molecule has 1 atom stereocenters. The number of H-pyrrole nitrogens is 1. The Balaban J connectivity index is 1.20. The first-order valence-electron chi connectivity index (χ1n) is 15.7. The number of nitrogens with zero attached hydrogens (tertiary/aromatic N) is 5. The number of benzene rings is 1. The predicted molar refractivity (Wildman–Crippen MR) is 174 cm³/mol. The van der Waals surface area contributed by atoms with Crippen molar-refractivity contribution < 1.29 is 22.7 Å². The Kier molecular flexibility index (Phi) is 9.19. The fourth-order valence-electron chi connectivity index (χ4n) is 6.32. The second-order valence-electron chi connectivity index (χ2n) is 13.1. The first-order valence-corrected chi connectivity index (χ1v) is 18.3. The maximum atomic E-state index is 14.0. The van der Waals surface area contributed by atoms with Gasteiger partial charge in [-0.15, -0.1) is 11.3 Å². The Hall–Kier alpha value is -2.71. The zero-order valence-electron chi connectivity index (χ0n) is 26.1. The van der Waals surface area contributed by atoms with Crippen molar-refractivity contribution >= 4 is 55.9 Å². The van der Waals surface area contributed by atoms with E-state index in [-0.39, 0.29) is 42.7 Å². The van der Waals surface area contributed by atoms with E-state index in [9.17, 15) is 18.0 Å². The number of piperazine rings is 1. The summed E-state index contributed by atoms with van der Waals surface area (Å²) in [6.45, 7) is 9.85. The number of hydrogen-bond donors (Lipinski definition) is 1. The van der Waals surface area contributed by atoms with E-state index in [1.807, 2.05) is 25.7 Å². The van der Waals surface area contributed by atoms with Gasteiger partial charge < -0.3 is 24.4 Å². The van der Waals surface area contributed by atoms with Gasteiger partial charge in [0.15, 0.2) is 5.01 Å². The number of amides is 2. The number of likely N-dealkylation sites (tertiary alicyclic amines) is 1. The smallest absolute Gasteiger partial charge is 0.410 e. The van der Waals surface area contributed by atoms with Gasteiger partial charge in [0.2, 0.25) is 0 Å². The fraction of sp³-hybridized carbons (Fsp3) is 0.581. The van der Waals surface area contributed by atoms with Crippen molar-refractivity contribution in [3.63, 3.8) is 0 Å². The fourth-order valence-corrected chi connectivity index (χ4v) is 9.06. The lowest BCUT2D eigenvalue weighted by Gasteiger charge is -2.41. The molecule has 5 heterocycles. The van der Waals surface area contributed by atoms with Crippen LogP contribution < -0.4 is 0 Å². The molecule has 14 heteroatoms. The minimum Gasteiger partial charge on any atom is -0.444 e. The van der Waals surface area contributed by atoms with Crippen LogP contribution >= 0.6 is 22.9 Å². The number of carbonyl (C=O) groups is 2. The van der Waals surface area contributed by atoms with Crippen LogP contribution in [-0.4, -0.2) is 107 Å². The molecule has 3 aliphatic rings. The molecule has 3 aromatic rings. The third-order valence-electron chi connectivity index (χ3n) is 8.68. The van der Waals surface area contributed by atoms with Crippen molar-refractivity contribution in [3.8, 4) is 0 Å². The lowest BCUT2D eigenvalue weighted by molar-refractivity contribution is 0.0225. The highest BCUT2D eigenvalue weighted by molar-refractivity contribution is 7.89. The third-order valence-corrected chi connectivity index (χ3v) is 11.8. The number of thiazole rings is 1. The number of rotatable bonds is 6. The average Bonchev–Trinajstić information content (AvgIpc) is 3.63. The molecule has 2 saturated heterocycles. The highest BCUT2D eigenvalue weighted by atomic mass is 35.5. The highest BCUT2D eigenvalue weighted by Crippen LogP contribution is 2.30. The molecule has 0 bridgehead atoms. The third kappa shape index (κ3) is 7.17. The molecule has 6 rings (SSSR count). The lowest BCUT2D eigenvalue weighted by atomic mass is 10.1. The lowest BCUT2D eigenvalue weighted by Crippen LogP contribution is -2.57. The van der Waals surface area contributed by atoms with Gasteiger partial charge in [-0.25, -0.2) is 18.2 Å². The summed E-state index contributed by atoms with van der Waals surface area (Å²) in [5.41, 5.74) is 0.951. The molecule has 2 amide bonds. The van der Waals surface area contributed by atoms with Crippen molar-refractivity contribution in [3.05, 3.63) is 44.9 Å². The van der Waals surface area contributed by atoms with E-state index in [1.54, 1.807) is 29.2 Å². The van der Waals surface area contributed by atoms with Gasteiger partial charge in [0.25, 0.3) is 15.9 Å². The van der Waals surface area contributed by atoms with Crippen molar-refractivity contribution in [1.82, 2.24) is 29.0 Å². The van der Waals surface area contributed by atoms with Crippen LogP contribution in [-0.2, 0) is 27.7 Å². The number of aromatic amines is 1. The molecule has 11 nitrogen and oxygen atoms in total. The Labute approximate surface area is 273 Å². The summed E-state index contributed by atoms with van der Waals surface area (Å²) in [5.74, 6) is -0.181. The molecule has 0 saturated carbocycles. The van der Waals surface area contributed by atoms with Crippen LogP contribution in [0.4, 0.5) is 4.79 Å². The summed E-state index contributed by atoms with van der Waals surface area (Å²) in [6, 6.07) is 6.56. The van der Waals surface area contributed by atoms with E-state index in [0.29, 0.717) is 41.5 Å². The molecule has 1 N–H and O–H groups in total. The molecule has 1 aromatic carbocycles. The second kappa shape index (κ2) is 12.8. The Morgan fingerprint density at radius 2 is 1.87 bits per heavy atom. The molecule has 0 radical (unpaired) electrons. The molecule has 45 heavy (non-hydrogen) atoms. The van der Waals surface area contributed by atoms with Crippen molar-refractivity contribution in [2.45, 2.75) is 76.1 Å². The standard InChI is InChI=1S/C31H41ClN6O5S2/c1-31(2,3)43-30(40)36-14-10-25-26(20-36)44-28(34-25)29(39)38-16-15-37(19-23(38)9-13-35-11-5-4-6-12-35)45(41,42)27-18-21-17-22(32)7-8-24(21)33-27/h7-8,17-18,23,33H,4-6,9-16,19-20H2,1-3H3. The van der Waals surface area contributed by atoms with Gasteiger partial charge >= 0.3 is 6.09 Å².